The monoisotopic (exact) mass is 344 g/mol. The van der Waals surface area contributed by atoms with Crippen molar-refractivity contribution >= 4 is 5.91 Å². The second-order valence-corrected chi connectivity index (χ2v) is 6.31. The quantitative estimate of drug-likeness (QED) is 0.863. The SMILES string of the molecule is COCC(=O)NC1CCN(C(C)c2nc(-c3ccccc3)no2)CC1. The normalized spacial score (nSPS) is 17.4. The van der Waals surface area contributed by atoms with Crippen LogP contribution in [-0.2, 0) is 9.53 Å². The highest BCUT2D eigenvalue weighted by Gasteiger charge is 2.27. The molecule has 1 aliphatic rings. The molecule has 1 saturated heterocycles. The molecule has 2 aromatic rings. The summed E-state index contributed by atoms with van der Waals surface area (Å²) < 4.78 is 10.3. The molecule has 1 unspecified atom stereocenters. The van der Waals surface area contributed by atoms with Gasteiger partial charge in [-0.05, 0) is 19.8 Å². The van der Waals surface area contributed by atoms with Crippen molar-refractivity contribution < 1.29 is 14.1 Å². The van der Waals surface area contributed by atoms with Crippen LogP contribution in [-0.4, -0.2) is 53.8 Å². The highest BCUT2D eigenvalue weighted by Crippen LogP contribution is 2.25. The van der Waals surface area contributed by atoms with E-state index >= 15 is 0 Å². The third kappa shape index (κ3) is 4.43. The summed E-state index contributed by atoms with van der Waals surface area (Å²) in [7, 11) is 1.53. The van der Waals surface area contributed by atoms with Gasteiger partial charge in [0, 0.05) is 31.8 Å². The van der Waals surface area contributed by atoms with Gasteiger partial charge in [-0.15, -0.1) is 0 Å². The molecule has 0 bridgehead atoms. The number of methoxy groups -OCH3 is 1. The minimum atomic E-state index is -0.0570. The van der Waals surface area contributed by atoms with Gasteiger partial charge < -0.3 is 14.6 Å². The van der Waals surface area contributed by atoms with E-state index in [9.17, 15) is 4.79 Å². The average molecular weight is 344 g/mol. The zero-order valence-corrected chi connectivity index (χ0v) is 14.6. The van der Waals surface area contributed by atoms with Gasteiger partial charge in [-0.1, -0.05) is 35.5 Å². The van der Waals surface area contributed by atoms with E-state index in [1.165, 1.54) is 7.11 Å². The Hall–Kier alpha value is -2.25. The summed E-state index contributed by atoms with van der Waals surface area (Å²) in [5, 5.41) is 7.10. The summed E-state index contributed by atoms with van der Waals surface area (Å²) in [6, 6.07) is 10.1. The first-order chi connectivity index (χ1) is 12.2. The fourth-order valence-electron chi connectivity index (χ4n) is 3.10. The number of hydrogen-bond acceptors (Lipinski definition) is 6. The lowest BCUT2D eigenvalue weighted by molar-refractivity contribution is -0.125. The van der Waals surface area contributed by atoms with Crippen LogP contribution >= 0.6 is 0 Å². The van der Waals surface area contributed by atoms with Crippen molar-refractivity contribution in [3.05, 3.63) is 36.2 Å². The molecule has 1 aliphatic heterocycles. The molecule has 1 amide bonds. The number of aromatic nitrogens is 2. The van der Waals surface area contributed by atoms with Crippen LogP contribution in [0.4, 0.5) is 0 Å². The van der Waals surface area contributed by atoms with Crippen LogP contribution in [0.5, 0.6) is 0 Å². The second kappa shape index (κ2) is 8.22. The average Bonchev–Trinajstić information content (AvgIpc) is 3.13. The molecule has 2 heterocycles. The van der Waals surface area contributed by atoms with Crippen LogP contribution < -0.4 is 5.32 Å². The first kappa shape index (κ1) is 17.6. The van der Waals surface area contributed by atoms with E-state index in [2.05, 4.69) is 27.3 Å². The number of nitrogens with zero attached hydrogens (tertiary/aromatic N) is 3. The first-order valence-corrected chi connectivity index (χ1v) is 8.58. The van der Waals surface area contributed by atoms with E-state index < -0.39 is 0 Å². The van der Waals surface area contributed by atoms with Crippen molar-refractivity contribution in [1.82, 2.24) is 20.4 Å². The van der Waals surface area contributed by atoms with Crippen LogP contribution in [0.25, 0.3) is 11.4 Å². The topological polar surface area (TPSA) is 80.5 Å². The zero-order valence-electron chi connectivity index (χ0n) is 14.6. The number of nitrogens with one attached hydrogen (secondary N) is 1. The van der Waals surface area contributed by atoms with Crippen LogP contribution in [0.3, 0.4) is 0 Å². The van der Waals surface area contributed by atoms with Crippen LogP contribution in [0, 0.1) is 0 Å². The van der Waals surface area contributed by atoms with Gasteiger partial charge in [0.2, 0.25) is 17.6 Å². The lowest BCUT2D eigenvalue weighted by Crippen LogP contribution is -2.46. The molecule has 1 N–H and O–H groups in total. The molecule has 1 fully saturated rings. The Morgan fingerprint density at radius 3 is 2.76 bits per heavy atom. The Kier molecular flexibility index (Phi) is 5.78. The minimum Gasteiger partial charge on any atom is -0.375 e. The molecule has 7 nitrogen and oxygen atoms in total. The lowest BCUT2D eigenvalue weighted by Gasteiger charge is -2.34. The van der Waals surface area contributed by atoms with Crippen LogP contribution in [0.2, 0.25) is 0 Å². The highest BCUT2D eigenvalue weighted by molar-refractivity contribution is 5.77. The maximum absolute atomic E-state index is 11.6. The summed E-state index contributed by atoms with van der Waals surface area (Å²) >= 11 is 0. The number of amides is 1. The van der Waals surface area contributed by atoms with Gasteiger partial charge in [0.05, 0.1) is 6.04 Å². The number of piperidine rings is 1. The highest BCUT2D eigenvalue weighted by atomic mass is 16.5. The van der Waals surface area contributed by atoms with Crippen molar-refractivity contribution in [2.45, 2.75) is 31.8 Å². The minimum absolute atomic E-state index is 0.0561. The third-order valence-corrected chi connectivity index (χ3v) is 4.55. The number of ether oxygens (including phenoxy) is 1. The molecule has 0 spiro atoms. The van der Waals surface area contributed by atoms with Crippen molar-refractivity contribution in [2.75, 3.05) is 26.8 Å². The predicted octanol–water partition coefficient (Wildman–Crippen LogP) is 2.02. The second-order valence-electron chi connectivity index (χ2n) is 6.31. The Morgan fingerprint density at radius 2 is 2.08 bits per heavy atom. The predicted molar refractivity (Wildman–Crippen MR) is 92.8 cm³/mol. The lowest BCUT2D eigenvalue weighted by atomic mass is 10.0. The fourth-order valence-corrected chi connectivity index (χ4v) is 3.10. The Labute approximate surface area is 147 Å². The Bertz CT molecular complexity index is 681. The standard InChI is InChI=1S/C18H24N4O3/c1-13(18-20-17(21-25-18)14-6-4-3-5-7-14)22-10-8-15(9-11-22)19-16(23)12-24-2/h3-7,13,15H,8-12H2,1-2H3,(H,19,23). The molecule has 0 radical (unpaired) electrons. The fraction of sp³-hybridized carbons (Fsp3) is 0.500. The molecule has 3 rings (SSSR count). The zero-order chi connectivity index (χ0) is 17.6. The Balaban J connectivity index is 1.55. The van der Waals surface area contributed by atoms with Gasteiger partial charge in [-0.25, -0.2) is 0 Å². The summed E-state index contributed by atoms with van der Waals surface area (Å²) in [6.45, 7) is 3.94. The van der Waals surface area contributed by atoms with Crippen LogP contribution in [0.1, 0.15) is 31.7 Å². The summed E-state index contributed by atoms with van der Waals surface area (Å²) in [5.41, 5.74) is 0.948. The molecular formula is C18H24N4O3. The van der Waals surface area contributed by atoms with E-state index in [0.717, 1.165) is 31.5 Å². The van der Waals surface area contributed by atoms with E-state index in [0.29, 0.717) is 11.7 Å². The van der Waals surface area contributed by atoms with Crippen LogP contribution in [0.15, 0.2) is 34.9 Å². The molecule has 0 saturated carbocycles. The molecule has 134 valence electrons. The number of hydrogen-bond donors (Lipinski definition) is 1. The first-order valence-electron chi connectivity index (χ1n) is 8.58. The maximum Gasteiger partial charge on any atom is 0.246 e. The van der Waals surface area contributed by atoms with Gasteiger partial charge in [-0.2, -0.15) is 4.98 Å². The van der Waals surface area contributed by atoms with Gasteiger partial charge in [-0.3, -0.25) is 9.69 Å². The molecule has 25 heavy (non-hydrogen) atoms. The number of rotatable bonds is 6. The number of carbonyl (C=O) groups excluding carboxylic acids is 1. The van der Waals surface area contributed by atoms with Crippen molar-refractivity contribution in [3.63, 3.8) is 0 Å². The Morgan fingerprint density at radius 1 is 1.36 bits per heavy atom. The molecule has 7 heteroatoms. The summed E-state index contributed by atoms with van der Waals surface area (Å²) in [4.78, 5) is 18.5. The number of benzene rings is 1. The molecule has 1 atom stereocenters. The largest absolute Gasteiger partial charge is 0.375 e. The third-order valence-electron chi connectivity index (χ3n) is 4.55. The molecule has 1 aromatic heterocycles. The maximum atomic E-state index is 11.6. The van der Waals surface area contributed by atoms with E-state index in [4.69, 9.17) is 9.26 Å². The van der Waals surface area contributed by atoms with Crippen molar-refractivity contribution in [2.24, 2.45) is 0 Å². The molecule has 1 aromatic carbocycles. The molecular weight excluding hydrogens is 320 g/mol. The van der Waals surface area contributed by atoms with Gasteiger partial charge >= 0.3 is 0 Å². The summed E-state index contributed by atoms with van der Waals surface area (Å²) in [6.07, 6.45) is 1.80. The number of likely N-dealkylation sites (tertiary alicyclic amines) is 1. The van der Waals surface area contributed by atoms with Crippen molar-refractivity contribution in [1.29, 1.82) is 0 Å². The van der Waals surface area contributed by atoms with E-state index in [-0.39, 0.29) is 24.6 Å². The van der Waals surface area contributed by atoms with Gasteiger partial charge in [0.15, 0.2) is 0 Å². The van der Waals surface area contributed by atoms with Gasteiger partial charge in [0.1, 0.15) is 6.61 Å². The smallest absolute Gasteiger partial charge is 0.246 e. The van der Waals surface area contributed by atoms with Gasteiger partial charge in [0.25, 0.3) is 0 Å². The molecule has 0 aliphatic carbocycles. The van der Waals surface area contributed by atoms with E-state index in [1.807, 2.05) is 30.3 Å². The van der Waals surface area contributed by atoms with Crippen molar-refractivity contribution in [3.8, 4) is 11.4 Å². The number of carbonyl (C=O) groups is 1. The summed E-state index contributed by atoms with van der Waals surface area (Å²) in [5.74, 6) is 1.18. The van der Waals surface area contributed by atoms with E-state index in [1.54, 1.807) is 0 Å².